The number of hydrogen-bond donors (Lipinski definition) is 1. The van der Waals surface area contributed by atoms with Crippen LogP contribution in [0.15, 0.2) is 48.5 Å². The molecule has 1 fully saturated rings. The molecule has 2 aromatic rings. The minimum absolute atomic E-state index is 0.0120. The van der Waals surface area contributed by atoms with Gasteiger partial charge in [0.2, 0.25) is 5.91 Å². The summed E-state index contributed by atoms with van der Waals surface area (Å²) in [5.41, 5.74) is 1.68. The van der Waals surface area contributed by atoms with Gasteiger partial charge in [-0.2, -0.15) is 0 Å². The molecule has 2 aromatic carbocycles. The summed E-state index contributed by atoms with van der Waals surface area (Å²) in [6, 6.07) is 15.4. The van der Waals surface area contributed by atoms with Crippen LogP contribution in [-0.2, 0) is 16.0 Å². The van der Waals surface area contributed by atoms with E-state index in [1.807, 2.05) is 41.3 Å². The lowest BCUT2D eigenvalue weighted by Gasteiger charge is -2.42. The van der Waals surface area contributed by atoms with E-state index in [-0.39, 0.29) is 17.2 Å². The predicted octanol–water partition coefficient (Wildman–Crippen LogP) is 4.64. The summed E-state index contributed by atoms with van der Waals surface area (Å²) in [5.74, 6) is 1.58. The number of ether oxygens (including phenoxy) is 3. The van der Waals surface area contributed by atoms with Gasteiger partial charge in [0, 0.05) is 38.1 Å². The number of benzene rings is 2. The van der Waals surface area contributed by atoms with Crippen molar-refractivity contribution in [3.63, 3.8) is 0 Å². The third-order valence-electron chi connectivity index (χ3n) is 7.65. The number of amides is 2. The summed E-state index contributed by atoms with van der Waals surface area (Å²) in [7, 11) is 1.68. The molecule has 0 bridgehead atoms. The second-order valence-corrected chi connectivity index (χ2v) is 10.2. The second-order valence-electron chi connectivity index (χ2n) is 10.2. The Balaban J connectivity index is 1.34. The number of methoxy groups -OCH3 is 1. The van der Waals surface area contributed by atoms with Gasteiger partial charge in [-0.25, -0.2) is 0 Å². The van der Waals surface area contributed by atoms with E-state index in [9.17, 15) is 9.59 Å². The van der Waals surface area contributed by atoms with Crippen molar-refractivity contribution in [2.75, 3.05) is 46.6 Å². The molecule has 0 saturated carbocycles. The Morgan fingerprint density at radius 1 is 1.03 bits per heavy atom. The topological polar surface area (TPSA) is 77.1 Å². The van der Waals surface area contributed by atoms with Gasteiger partial charge in [-0.3, -0.25) is 9.59 Å². The second kappa shape index (κ2) is 13.5. The van der Waals surface area contributed by atoms with Crippen molar-refractivity contribution < 1.29 is 23.8 Å². The van der Waals surface area contributed by atoms with Crippen molar-refractivity contribution in [2.24, 2.45) is 5.41 Å². The minimum Gasteiger partial charge on any atom is -0.496 e. The van der Waals surface area contributed by atoms with Gasteiger partial charge < -0.3 is 24.4 Å². The number of piperidine rings is 1. The molecule has 1 saturated heterocycles. The molecule has 0 aromatic heterocycles. The van der Waals surface area contributed by atoms with E-state index < -0.39 is 0 Å². The zero-order valence-electron chi connectivity index (χ0n) is 22.0. The van der Waals surface area contributed by atoms with E-state index in [2.05, 4.69) is 11.4 Å². The van der Waals surface area contributed by atoms with Crippen LogP contribution < -0.4 is 14.8 Å². The van der Waals surface area contributed by atoms with Gasteiger partial charge in [-0.05, 0) is 62.3 Å². The Morgan fingerprint density at radius 3 is 2.65 bits per heavy atom. The molecule has 2 aliphatic heterocycles. The molecule has 4 rings (SSSR count). The number of carbonyl (C=O) groups excluding carboxylic acids is 2. The average molecular weight is 509 g/mol. The molecule has 2 heterocycles. The molecule has 7 nitrogen and oxygen atoms in total. The lowest BCUT2D eigenvalue weighted by Crippen LogP contribution is -2.45. The number of hydrogen-bond acceptors (Lipinski definition) is 5. The average Bonchev–Trinajstić information content (AvgIpc) is 2.93. The number of carbonyl (C=O) groups is 2. The first-order chi connectivity index (χ1) is 18.1. The molecule has 0 unspecified atom stereocenters. The highest BCUT2D eigenvalue weighted by Crippen LogP contribution is 2.38. The van der Waals surface area contributed by atoms with Crippen molar-refractivity contribution in [2.45, 2.75) is 51.4 Å². The molecule has 0 aliphatic carbocycles. The van der Waals surface area contributed by atoms with Gasteiger partial charge in [0.25, 0.3) is 5.91 Å². The Bertz CT molecular complexity index is 1030. The molecule has 0 radical (unpaired) electrons. The molecular weight excluding hydrogens is 468 g/mol. The lowest BCUT2D eigenvalue weighted by atomic mass is 9.75. The van der Waals surface area contributed by atoms with Crippen LogP contribution in [0.4, 0.5) is 0 Å². The Hall–Kier alpha value is -3.06. The third-order valence-corrected chi connectivity index (χ3v) is 7.65. The summed E-state index contributed by atoms with van der Waals surface area (Å²) in [6.45, 7) is 3.73. The third kappa shape index (κ3) is 7.48. The molecule has 1 N–H and O–H groups in total. The smallest absolute Gasteiger partial charge is 0.255 e. The maximum atomic E-state index is 13.0. The molecule has 0 atom stereocenters. The molecule has 2 aliphatic rings. The highest BCUT2D eigenvalue weighted by atomic mass is 16.5. The van der Waals surface area contributed by atoms with E-state index >= 15 is 0 Å². The first kappa shape index (κ1) is 27.0. The maximum absolute atomic E-state index is 13.0. The first-order valence-corrected chi connectivity index (χ1v) is 13.6. The quantitative estimate of drug-likeness (QED) is 0.637. The standard InChI is InChI=1S/C30H40N2O5/c1-35-26-12-4-2-9-24(26)10-8-14-28(33)32-19-16-30(17-20-32)15-6-7-21-36-22-18-31-29(34)25-11-3-5-13-27(25)37-23-30/h2-5,9,11-13H,6-8,10,14-23H2,1H3,(H,31,34). The normalized spacial score (nSPS) is 18.7. The number of nitrogens with zero attached hydrogens (tertiary/aromatic N) is 1. The summed E-state index contributed by atoms with van der Waals surface area (Å²) in [4.78, 5) is 27.7. The summed E-state index contributed by atoms with van der Waals surface area (Å²) in [5, 5.41) is 2.92. The summed E-state index contributed by atoms with van der Waals surface area (Å²) >= 11 is 0. The SMILES string of the molecule is COc1ccccc1CCCC(=O)N1CCC2(CCCCOCCNC(=O)c3ccccc3OC2)CC1. The fourth-order valence-corrected chi connectivity index (χ4v) is 5.34. The van der Waals surface area contributed by atoms with E-state index in [0.717, 1.165) is 69.3 Å². The van der Waals surface area contributed by atoms with E-state index in [1.165, 1.54) is 0 Å². The van der Waals surface area contributed by atoms with Gasteiger partial charge in [-0.1, -0.05) is 36.8 Å². The number of likely N-dealkylation sites (tertiary alicyclic amines) is 1. The molecule has 1 spiro atoms. The number of aryl methyl sites for hydroxylation is 1. The van der Waals surface area contributed by atoms with Crippen LogP contribution >= 0.6 is 0 Å². The zero-order valence-corrected chi connectivity index (χ0v) is 22.0. The maximum Gasteiger partial charge on any atom is 0.255 e. The number of fused-ring (bicyclic) bond motifs is 1. The lowest BCUT2D eigenvalue weighted by molar-refractivity contribution is -0.134. The van der Waals surface area contributed by atoms with Crippen LogP contribution in [0.2, 0.25) is 0 Å². The zero-order chi connectivity index (χ0) is 25.9. The largest absolute Gasteiger partial charge is 0.496 e. The number of para-hydroxylation sites is 2. The highest BCUT2D eigenvalue weighted by molar-refractivity contribution is 5.96. The fraction of sp³-hybridized carbons (Fsp3) is 0.533. The Morgan fingerprint density at radius 2 is 1.81 bits per heavy atom. The summed E-state index contributed by atoms with van der Waals surface area (Å²) < 4.78 is 17.5. The number of rotatable bonds is 5. The first-order valence-electron chi connectivity index (χ1n) is 13.6. The van der Waals surface area contributed by atoms with Gasteiger partial charge in [0.1, 0.15) is 11.5 Å². The van der Waals surface area contributed by atoms with Gasteiger partial charge in [0.15, 0.2) is 0 Å². The molecule has 37 heavy (non-hydrogen) atoms. The predicted molar refractivity (Wildman–Crippen MR) is 143 cm³/mol. The van der Waals surface area contributed by atoms with E-state index in [1.54, 1.807) is 13.2 Å². The molecule has 200 valence electrons. The van der Waals surface area contributed by atoms with Crippen molar-refractivity contribution in [3.8, 4) is 11.5 Å². The van der Waals surface area contributed by atoms with Crippen LogP contribution in [0, 0.1) is 5.41 Å². The fourth-order valence-electron chi connectivity index (χ4n) is 5.34. The monoisotopic (exact) mass is 508 g/mol. The highest BCUT2D eigenvalue weighted by Gasteiger charge is 2.36. The van der Waals surface area contributed by atoms with Crippen molar-refractivity contribution in [3.05, 3.63) is 59.7 Å². The Labute approximate surface area is 220 Å². The van der Waals surface area contributed by atoms with Crippen LogP contribution in [-0.4, -0.2) is 63.3 Å². The van der Waals surface area contributed by atoms with E-state index in [4.69, 9.17) is 14.2 Å². The molecule has 2 amide bonds. The van der Waals surface area contributed by atoms with Crippen molar-refractivity contribution >= 4 is 11.8 Å². The van der Waals surface area contributed by atoms with Gasteiger partial charge >= 0.3 is 0 Å². The van der Waals surface area contributed by atoms with Crippen LogP contribution in [0.1, 0.15) is 60.9 Å². The Kier molecular flexibility index (Phi) is 9.83. The minimum atomic E-state index is -0.140. The molecular formula is C30H40N2O5. The van der Waals surface area contributed by atoms with Gasteiger partial charge in [0.05, 0.1) is 25.9 Å². The van der Waals surface area contributed by atoms with Gasteiger partial charge in [-0.15, -0.1) is 0 Å². The van der Waals surface area contributed by atoms with E-state index in [0.29, 0.717) is 44.1 Å². The summed E-state index contributed by atoms with van der Waals surface area (Å²) in [6.07, 6.45) is 7.06. The van der Waals surface area contributed by atoms with Crippen molar-refractivity contribution in [1.29, 1.82) is 0 Å². The van der Waals surface area contributed by atoms with Crippen molar-refractivity contribution in [1.82, 2.24) is 10.2 Å². The number of nitrogens with one attached hydrogen (secondary N) is 1. The van der Waals surface area contributed by atoms with Crippen LogP contribution in [0.25, 0.3) is 0 Å². The van der Waals surface area contributed by atoms with Crippen LogP contribution in [0.3, 0.4) is 0 Å². The van der Waals surface area contributed by atoms with Crippen LogP contribution in [0.5, 0.6) is 11.5 Å². The molecule has 7 heteroatoms.